The fourth-order valence-corrected chi connectivity index (χ4v) is 3.40. The van der Waals surface area contributed by atoms with Gasteiger partial charge in [-0.1, -0.05) is 32.9 Å². The van der Waals surface area contributed by atoms with Gasteiger partial charge >= 0.3 is 0 Å². The van der Waals surface area contributed by atoms with Gasteiger partial charge in [0.05, 0.1) is 10.2 Å². The average molecular weight is 342 g/mol. The first-order chi connectivity index (χ1) is 11.3. The zero-order chi connectivity index (χ0) is 17.5. The average Bonchev–Trinajstić information content (AvgIpc) is 3.17. The normalized spacial score (nSPS) is 13.2. The number of rotatable bonds is 3. The number of amides is 1. The summed E-state index contributed by atoms with van der Waals surface area (Å²) in [5.74, 6) is 0.879. The van der Waals surface area contributed by atoms with Crippen LogP contribution in [0.1, 0.15) is 38.2 Å². The minimum absolute atomic E-state index is 0.00681. The molecule has 1 aromatic carbocycles. The van der Waals surface area contributed by atoms with E-state index >= 15 is 0 Å². The summed E-state index contributed by atoms with van der Waals surface area (Å²) in [6, 6.07) is 11.6. The maximum Gasteiger partial charge on any atom is 0.289 e. The Morgan fingerprint density at radius 1 is 1.21 bits per heavy atom. The van der Waals surface area contributed by atoms with Crippen LogP contribution in [-0.2, 0) is 0 Å². The number of nitrogens with zero attached hydrogens (tertiary/aromatic N) is 2. The first kappa shape index (κ1) is 16.7. The van der Waals surface area contributed by atoms with Crippen molar-refractivity contribution in [3.63, 3.8) is 0 Å². The SMILES string of the molecule is C[C@@H](N(C)C(=O)c1ccc(-c2nc3ccccc3s2)o1)C(C)(C)C. The summed E-state index contributed by atoms with van der Waals surface area (Å²) in [6.45, 7) is 8.41. The summed E-state index contributed by atoms with van der Waals surface area (Å²) in [7, 11) is 1.82. The molecule has 0 radical (unpaired) electrons. The van der Waals surface area contributed by atoms with Crippen molar-refractivity contribution >= 4 is 27.5 Å². The second-order valence-electron chi connectivity index (χ2n) is 7.11. The van der Waals surface area contributed by atoms with Gasteiger partial charge < -0.3 is 9.32 Å². The van der Waals surface area contributed by atoms with Gasteiger partial charge in [-0.3, -0.25) is 4.79 Å². The Morgan fingerprint density at radius 2 is 1.92 bits per heavy atom. The number of hydrogen-bond acceptors (Lipinski definition) is 4. The maximum absolute atomic E-state index is 12.7. The first-order valence-corrected chi connectivity index (χ1v) is 8.82. The van der Waals surface area contributed by atoms with Crippen molar-refractivity contribution in [3.8, 4) is 10.8 Å². The highest BCUT2D eigenvalue weighted by atomic mass is 32.1. The van der Waals surface area contributed by atoms with Crippen LogP contribution in [0.15, 0.2) is 40.8 Å². The Labute approximate surface area is 146 Å². The second kappa shape index (κ2) is 6.06. The quantitative estimate of drug-likeness (QED) is 0.668. The highest BCUT2D eigenvalue weighted by molar-refractivity contribution is 7.21. The Morgan fingerprint density at radius 3 is 2.58 bits per heavy atom. The molecule has 0 unspecified atom stereocenters. The minimum Gasteiger partial charge on any atom is -0.448 e. The van der Waals surface area contributed by atoms with Crippen LogP contribution in [0.4, 0.5) is 0 Å². The van der Waals surface area contributed by atoms with Crippen LogP contribution in [0.5, 0.6) is 0 Å². The predicted octanol–water partition coefficient (Wildman–Crippen LogP) is 5.06. The van der Waals surface area contributed by atoms with Gasteiger partial charge in [0, 0.05) is 13.1 Å². The van der Waals surface area contributed by atoms with Crippen molar-refractivity contribution in [2.24, 2.45) is 5.41 Å². The number of carbonyl (C=O) groups is 1. The molecule has 2 heterocycles. The molecule has 1 atom stereocenters. The zero-order valence-corrected chi connectivity index (χ0v) is 15.5. The van der Waals surface area contributed by atoms with Gasteiger partial charge in [0.1, 0.15) is 0 Å². The Bertz CT molecular complexity index is 840. The molecule has 2 aromatic heterocycles. The Hall–Kier alpha value is -2.14. The topological polar surface area (TPSA) is 46.3 Å². The van der Waals surface area contributed by atoms with E-state index in [-0.39, 0.29) is 17.4 Å². The summed E-state index contributed by atoms with van der Waals surface area (Å²) in [5.41, 5.74) is 0.951. The van der Waals surface area contributed by atoms with Crippen molar-refractivity contribution in [2.45, 2.75) is 33.7 Å². The molecule has 0 saturated carbocycles. The van der Waals surface area contributed by atoms with E-state index in [1.807, 2.05) is 37.4 Å². The zero-order valence-electron chi connectivity index (χ0n) is 14.7. The van der Waals surface area contributed by atoms with Crippen LogP contribution in [0.3, 0.4) is 0 Å². The lowest BCUT2D eigenvalue weighted by molar-refractivity contribution is 0.0598. The Kier molecular flexibility index (Phi) is 4.22. The van der Waals surface area contributed by atoms with Crippen molar-refractivity contribution in [1.82, 2.24) is 9.88 Å². The molecule has 24 heavy (non-hydrogen) atoms. The lowest BCUT2D eigenvalue weighted by Crippen LogP contribution is -2.42. The summed E-state index contributed by atoms with van der Waals surface area (Å²) in [4.78, 5) is 19.0. The van der Waals surface area contributed by atoms with Gasteiger partial charge in [-0.2, -0.15) is 0 Å². The summed E-state index contributed by atoms with van der Waals surface area (Å²) >= 11 is 1.56. The number of furan rings is 1. The fraction of sp³-hybridized carbons (Fsp3) is 0.368. The van der Waals surface area contributed by atoms with E-state index < -0.39 is 0 Å². The molecule has 0 aliphatic carbocycles. The maximum atomic E-state index is 12.7. The van der Waals surface area contributed by atoms with E-state index in [0.717, 1.165) is 15.2 Å². The van der Waals surface area contributed by atoms with E-state index in [0.29, 0.717) is 11.5 Å². The van der Waals surface area contributed by atoms with Gasteiger partial charge in [-0.05, 0) is 36.6 Å². The minimum atomic E-state index is -0.107. The molecular weight excluding hydrogens is 320 g/mol. The summed E-state index contributed by atoms with van der Waals surface area (Å²) in [6.07, 6.45) is 0. The highest BCUT2D eigenvalue weighted by Crippen LogP contribution is 2.32. The molecule has 0 saturated heterocycles. The lowest BCUT2D eigenvalue weighted by Gasteiger charge is -2.34. The molecule has 4 nitrogen and oxygen atoms in total. The van der Waals surface area contributed by atoms with Gasteiger partial charge in [0.15, 0.2) is 16.5 Å². The van der Waals surface area contributed by atoms with Crippen LogP contribution in [0.2, 0.25) is 0 Å². The van der Waals surface area contributed by atoms with Crippen molar-refractivity contribution in [3.05, 3.63) is 42.2 Å². The Balaban J connectivity index is 1.86. The first-order valence-electron chi connectivity index (χ1n) is 8.00. The number of benzene rings is 1. The second-order valence-corrected chi connectivity index (χ2v) is 8.14. The molecule has 3 aromatic rings. The largest absolute Gasteiger partial charge is 0.448 e. The smallest absolute Gasteiger partial charge is 0.289 e. The van der Waals surface area contributed by atoms with Gasteiger partial charge in [0.2, 0.25) is 0 Å². The number of hydrogen-bond donors (Lipinski definition) is 0. The van der Waals surface area contributed by atoms with E-state index in [1.54, 1.807) is 22.3 Å². The van der Waals surface area contributed by atoms with E-state index in [9.17, 15) is 4.79 Å². The molecular formula is C19H22N2O2S. The lowest BCUT2D eigenvalue weighted by atomic mass is 9.87. The molecule has 0 bridgehead atoms. The van der Waals surface area contributed by atoms with Crippen molar-refractivity contribution in [1.29, 1.82) is 0 Å². The number of carbonyl (C=O) groups excluding carboxylic acids is 1. The molecule has 0 N–H and O–H groups in total. The summed E-state index contributed by atoms with van der Waals surface area (Å²) < 4.78 is 6.91. The molecule has 0 aliphatic rings. The van der Waals surface area contributed by atoms with Crippen LogP contribution < -0.4 is 0 Å². The molecule has 0 fully saturated rings. The molecule has 5 heteroatoms. The number of thiazole rings is 1. The van der Waals surface area contributed by atoms with Gasteiger partial charge in [-0.25, -0.2) is 4.98 Å². The van der Waals surface area contributed by atoms with Crippen LogP contribution >= 0.6 is 11.3 Å². The molecule has 126 valence electrons. The number of fused-ring (bicyclic) bond motifs is 1. The highest BCUT2D eigenvalue weighted by Gasteiger charge is 2.29. The van der Waals surface area contributed by atoms with Gasteiger partial charge in [0.25, 0.3) is 5.91 Å². The molecule has 1 amide bonds. The van der Waals surface area contributed by atoms with E-state index in [1.165, 1.54) is 0 Å². The fourth-order valence-electron chi connectivity index (χ4n) is 2.48. The molecule has 0 aliphatic heterocycles. The third-order valence-electron chi connectivity index (χ3n) is 4.48. The van der Waals surface area contributed by atoms with Crippen molar-refractivity contribution < 1.29 is 9.21 Å². The molecule has 0 spiro atoms. The van der Waals surface area contributed by atoms with Crippen LogP contribution in [-0.4, -0.2) is 28.9 Å². The van der Waals surface area contributed by atoms with E-state index in [2.05, 4.69) is 32.7 Å². The number of para-hydroxylation sites is 1. The predicted molar refractivity (Wildman–Crippen MR) is 98.3 cm³/mol. The third kappa shape index (κ3) is 3.08. The van der Waals surface area contributed by atoms with Gasteiger partial charge in [-0.15, -0.1) is 11.3 Å². The number of aromatic nitrogens is 1. The third-order valence-corrected chi connectivity index (χ3v) is 5.53. The van der Waals surface area contributed by atoms with Crippen LogP contribution in [0, 0.1) is 5.41 Å². The van der Waals surface area contributed by atoms with Crippen LogP contribution in [0.25, 0.3) is 21.0 Å². The molecule has 3 rings (SSSR count). The monoisotopic (exact) mass is 342 g/mol. The van der Waals surface area contributed by atoms with Crippen molar-refractivity contribution in [2.75, 3.05) is 7.05 Å². The van der Waals surface area contributed by atoms with E-state index in [4.69, 9.17) is 4.42 Å². The standard InChI is InChI=1S/C19H22N2O2S/c1-12(19(2,3)4)21(5)18(22)15-11-10-14(23-15)17-20-13-8-6-7-9-16(13)24-17/h6-12H,1-5H3/t12-/m1/s1. The summed E-state index contributed by atoms with van der Waals surface area (Å²) in [5, 5.41) is 0.793.